The molecule has 17 heavy (non-hydrogen) atoms. The van der Waals surface area contributed by atoms with Crippen molar-refractivity contribution in [3.8, 4) is 0 Å². The Morgan fingerprint density at radius 1 is 1.41 bits per heavy atom. The van der Waals surface area contributed by atoms with E-state index < -0.39 is 5.41 Å². The van der Waals surface area contributed by atoms with E-state index in [-0.39, 0.29) is 5.91 Å². The minimum atomic E-state index is -0.393. The molecule has 0 saturated heterocycles. The number of rotatable bonds is 5. The van der Waals surface area contributed by atoms with Crippen LogP contribution in [0.3, 0.4) is 0 Å². The van der Waals surface area contributed by atoms with Crippen LogP contribution < -0.4 is 10.6 Å². The van der Waals surface area contributed by atoms with Crippen LogP contribution in [0.2, 0.25) is 0 Å². The average molecular weight is 255 g/mol. The Bertz CT molecular complexity index is 379. The number of aryl methyl sites for hydroxylation is 2. The van der Waals surface area contributed by atoms with Gasteiger partial charge in [0, 0.05) is 25.0 Å². The Morgan fingerprint density at radius 2 is 2.06 bits per heavy atom. The molecule has 5 heteroatoms. The zero-order chi connectivity index (χ0) is 13.1. The van der Waals surface area contributed by atoms with E-state index in [1.165, 1.54) is 4.88 Å². The SMILES string of the molecule is CNC(=O)C(C)(C)CNCc1nc(C)c(C)s1. The second-order valence-electron chi connectivity index (χ2n) is 4.82. The van der Waals surface area contributed by atoms with Crippen LogP contribution in [0.1, 0.15) is 29.4 Å². The molecule has 0 bridgehead atoms. The highest BCUT2D eigenvalue weighted by molar-refractivity contribution is 7.11. The molecule has 0 fully saturated rings. The lowest BCUT2D eigenvalue weighted by Gasteiger charge is -2.22. The van der Waals surface area contributed by atoms with Gasteiger partial charge in [-0.2, -0.15) is 0 Å². The van der Waals surface area contributed by atoms with Gasteiger partial charge in [-0.3, -0.25) is 4.79 Å². The van der Waals surface area contributed by atoms with Crippen LogP contribution in [-0.2, 0) is 11.3 Å². The highest BCUT2D eigenvalue weighted by atomic mass is 32.1. The molecule has 0 saturated carbocycles. The second kappa shape index (κ2) is 5.60. The Kier molecular flexibility index (Phi) is 4.65. The third-order valence-electron chi connectivity index (χ3n) is 2.76. The van der Waals surface area contributed by atoms with E-state index in [0.29, 0.717) is 6.54 Å². The summed E-state index contributed by atoms with van der Waals surface area (Å²) in [6, 6.07) is 0. The van der Waals surface area contributed by atoms with Crippen LogP contribution in [0.5, 0.6) is 0 Å². The Balaban J connectivity index is 2.45. The third kappa shape index (κ3) is 3.78. The van der Waals surface area contributed by atoms with Crippen molar-refractivity contribution in [3.63, 3.8) is 0 Å². The predicted octanol–water partition coefficient (Wildman–Crippen LogP) is 1.62. The van der Waals surface area contributed by atoms with Crippen molar-refractivity contribution in [3.05, 3.63) is 15.6 Å². The number of carbonyl (C=O) groups is 1. The second-order valence-corrected chi connectivity index (χ2v) is 6.10. The van der Waals surface area contributed by atoms with Gasteiger partial charge < -0.3 is 10.6 Å². The van der Waals surface area contributed by atoms with Crippen LogP contribution in [0.4, 0.5) is 0 Å². The van der Waals surface area contributed by atoms with Gasteiger partial charge in [0.05, 0.1) is 11.1 Å². The fourth-order valence-electron chi connectivity index (χ4n) is 1.52. The number of nitrogens with zero attached hydrogens (tertiary/aromatic N) is 1. The minimum Gasteiger partial charge on any atom is -0.359 e. The van der Waals surface area contributed by atoms with Crippen LogP contribution >= 0.6 is 11.3 Å². The normalized spacial score (nSPS) is 11.6. The van der Waals surface area contributed by atoms with Gasteiger partial charge in [-0.25, -0.2) is 4.98 Å². The number of thiazole rings is 1. The van der Waals surface area contributed by atoms with E-state index in [4.69, 9.17) is 0 Å². The highest BCUT2D eigenvalue weighted by Gasteiger charge is 2.25. The lowest BCUT2D eigenvalue weighted by molar-refractivity contribution is -0.128. The zero-order valence-corrected chi connectivity index (χ0v) is 12.0. The number of hydrogen-bond donors (Lipinski definition) is 2. The van der Waals surface area contributed by atoms with E-state index in [2.05, 4.69) is 22.5 Å². The van der Waals surface area contributed by atoms with Crippen LogP contribution in [0.15, 0.2) is 0 Å². The van der Waals surface area contributed by atoms with Crippen LogP contribution in [0, 0.1) is 19.3 Å². The van der Waals surface area contributed by atoms with Gasteiger partial charge in [0.15, 0.2) is 0 Å². The Hall–Kier alpha value is -0.940. The molecular formula is C12H21N3OS. The molecule has 1 rings (SSSR count). The van der Waals surface area contributed by atoms with Crippen LogP contribution in [-0.4, -0.2) is 24.5 Å². The fourth-order valence-corrected chi connectivity index (χ4v) is 2.42. The van der Waals surface area contributed by atoms with Gasteiger partial charge in [0.25, 0.3) is 0 Å². The van der Waals surface area contributed by atoms with Crippen molar-refractivity contribution < 1.29 is 4.79 Å². The molecule has 0 aliphatic carbocycles. The summed E-state index contributed by atoms with van der Waals surface area (Å²) < 4.78 is 0. The van der Waals surface area contributed by atoms with Crippen molar-refractivity contribution in [2.75, 3.05) is 13.6 Å². The molecule has 96 valence electrons. The van der Waals surface area contributed by atoms with E-state index in [1.807, 2.05) is 20.8 Å². The van der Waals surface area contributed by atoms with Crippen LogP contribution in [0.25, 0.3) is 0 Å². The monoisotopic (exact) mass is 255 g/mol. The Morgan fingerprint density at radius 3 is 2.53 bits per heavy atom. The highest BCUT2D eigenvalue weighted by Crippen LogP contribution is 2.17. The molecule has 0 atom stereocenters. The molecule has 1 aromatic rings. The fraction of sp³-hybridized carbons (Fsp3) is 0.667. The number of nitrogens with one attached hydrogen (secondary N) is 2. The van der Waals surface area contributed by atoms with Crippen molar-refractivity contribution in [1.29, 1.82) is 0 Å². The maximum atomic E-state index is 11.6. The number of hydrogen-bond acceptors (Lipinski definition) is 4. The predicted molar refractivity (Wildman–Crippen MR) is 71.1 cm³/mol. The van der Waals surface area contributed by atoms with Crippen molar-refractivity contribution >= 4 is 17.2 Å². The molecule has 0 aliphatic heterocycles. The third-order valence-corrected chi connectivity index (χ3v) is 3.83. The number of carbonyl (C=O) groups excluding carboxylic acids is 1. The lowest BCUT2D eigenvalue weighted by atomic mass is 9.92. The molecule has 1 heterocycles. The summed E-state index contributed by atoms with van der Waals surface area (Å²) in [7, 11) is 1.66. The van der Waals surface area contributed by atoms with Gasteiger partial charge in [-0.1, -0.05) is 0 Å². The Labute approximate surface area is 107 Å². The quantitative estimate of drug-likeness (QED) is 0.840. The summed E-state index contributed by atoms with van der Waals surface area (Å²) in [4.78, 5) is 17.3. The maximum absolute atomic E-state index is 11.6. The van der Waals surface area contributed by atoms with Gasteiger partial charge in [0.1, 0.15) is 5.01 Å². The topological polar surface area (TPSA) is 54.0 Å². The summed E-state index contributed by atoms with van der Waals surface area (Å²) in [5, 5.41) is 7.04. The summed E-state index contributed by atoms with van der Waals surface area (Å²) in [5.41, 5.74) is 0.702. The first-order valence-corrected chi connectivity index (χ1v) is 6.54. The molecule has 0 unspecified atom stereocenters. The van der Waals surface area contributed by atoms with Gasteiger partial charge in [-0.15, -0.1) is 11.3 Å². The molecular weight excluding hydrogens is 234 g/mol. The molecule has 1 aromatic heterocycles. The summed E-state index contributed by atoms with van der Waals surface area (Å²) in [6.07, 6.45) is 0. The van der Waals surface area contributed by atoms with E-state index in [1.54, 1.807) is 18.4 Å². The van der Waals surface area contributed by atoms with E-state index in [9.17, 15) is 4.79 Å². The van der Waals surface area contributed by atoms with Crippen molar-refractivity contribution in [1.82, 2.24) is 15.6 Å². The molecule has 0 aliphatic rings. The first-order chi connectivity index (χ1) is 7.86. The minimum absolute atomic E-state index is 0.0523. The maximum Gasteiger partial charge on any atom is 0.226 e. The summed E-state index contributed by atoms with van der Waals surface area (Å²) >= 11 is 1.70. The molecule has 4 nitrogen and oxygen atoms in total. The zero-order valence-electron chi connectivity index (χ0n) is 11.2. The number of amides is 1. The molecule has 1 amide bonds. The van der Waals surface area contributed by atoms with E-state index in [0.717, 1.165) is 17.2 Å². The lowest BCUT2D eigenvalue weighted by Crippen LogP contribution is -2.41. The molecule has 0 radical (unpaired) electrons. The average Bonchev–Trinajstić information content (AvgIpc) is 2.57. The summed E-state index contributed by atoms with van der Waals surface area (Å²) in [5.74, 6) is 0.0523. The standard InChI is InChI=1S/C12H21N3OS/c1-8-9(2)17-10(15-8)6-14-7-12(3,4)11(16)13-5/h14H,6-7H2,1-5H3,(H,13,16). The smallest absolute Gasteiger partial charge is 0.226 e. The van der Waals surface area contributed by atoms with E-state index >= 15 is 0 Å². The van der Waals surface area contributed by atoms with Gasteiger partial charge in [0.2, 0.25) is 5.91 Å². The van der Waals surface area contributed by atoms with Crippen molar-refractivity contribution in [2.45, 2.75) is 34.2 Å². The molecule has 0 spiro atoms. The number of aromatic nitrogens is 1. The molecule has 2 N–H and O–H groups in total. The molecule has 0 aromatic carbocycles. The first kappa shape index (κ1) is 14.1. The summed E-state index contributed by atoms with van der Waals surface area (Å²) in [6.45, 7) is 9.31. The first-order valence-electron chi connectivity index (χ1n) is 5.72. The van der Waals surface area contributed by atoms with Crippen molar-refractivity contribution in [2.24, 2.45) is 5.41 Å². The largest absolute Gasteiger partial charge is 0.359 e. The van der Waals surface area contributed by atoms with Gasteiger partial charge >= 0.3 is 0 Å². The van der Waals surface area contributed by atoms with Gasteiger partial charge in [-0.05, 0) is 27.7 Å².